The molecule has 84 valence electrons. The lowest BCUT2D eigenvalue weighted by Crippen LogP contribution is -2.03. The highest BCUT2D eigenvalue weighted by atomic mass is 32.1. The van der Waals surface area contributed by atoms with E-state index in [1.807, 2.05) is 19.2 Å². The average molecular weight is 234 g/mol. The summed E-state index contributed by atoms with van der Waals surface area (Å²) < 4.78 is 5.11. The van der Waals surface area contributed by atoms with Crippen molar-refractivity contribution in [2.24, 2.45) is 0 Å². The third kappa shape index (κ3) is 2.40. The summed E-state index contributed by atoms with van der Waals surface area (Å²) in [4.78, 5) is 5.34. The number of ether oxygens (including phenoxy) is 1. The molecule has 0 saturated heterocycles. The van der Waals surface area contributed by atoms with Gasteiger partial charge in [-0.3, -0.25) is 0 Å². The molecule has 4 heteroatoms. The third-order valence-corrected chi connectivity index (χ3v) is 3.29. The van der Waals surface area contributed by atoms with Crippen LogP contribution in [0.5, 0.6) is 5.88 Å². The van der Waals surface area contributed by atoms with Gasteiger partial charge in [0.1, 0.15) is 0 Å². The summed E-state index contributed by atoms with van der Waals surface area (Å²) in [5, 5.41) is 5.31. The Morgan fingerprint density at radius 3 is 3.06 bits per heavy atom. The van der Waals surface area contributed by atoms with Crippen molar-refractivity contribution in [1.82, 2.24) is 10.3 Å². The lowest BCUT2D eigenvalue weighted by atomic mass is 10.2. The molecule has 0 aliphatic rings. The number of hydrogen-bond acceptors (Lipinski definition) is 4. The van der Waals surface area contributed by atoms with Gasteiger partial charge in [0.15, 0.2) is 0 Å². The summed E-state index contributed by atoms with van der Waals surface area (Å²) in [5.41, 5.74) is 2.46. The number of pyridine rings is 1. The SMILES string of the molecule is CNCc1csc(-c2ccnc(OC)c2)c1. The van der Waals surface area contributed by atoms with Gasteiger partial charge in [0.25, 0.3) is 0 Å². The van der Waals surface area contributed by atoms with Crippen LogP contribution in [0.3, 0.4) is 0 Å². The Bertz CT molecular complexity index is 468. The number of nitrogens with zero attached hydrogens (tertiary/aromatic N) is 1. The Balaban J connectivity index is 2.27. The van der Waals surface area contributed by atoms with Crippen LogP contribution >= 0.6 is 11.3 Å². The van der Waals surface area contributed by atoms with Crippen LogP contribution in [0.15, 0.2) is 29.8 Å². The number of nitrogens with one attached hydrogen (secondary N) is 1. The van der Waals surface area contributed by atoms with Crippen molar-refractivity contribution >= 4 is 11.3 Å². The highest BCUT2D eigenvalue weighted by molar-refractivity contribution is 7.13. The normalized spacial score (nSPS) is 10.4. The third-order valence-electron chi connectivity index (χ3n) is 2.26. The molecule has 0 fully saturated rings. The second kappa shape index (κ2) is 5.09. The molecule has 16 heavy (non-hydrogen) atoms. The van der Waals surface area contributed by atoms with Gasteiger partial charge in [-0.2, -0.15) is 0 Å². The van der Waals surface area contributed by atoms with Crippen molar-refractivity contribution in [2.75, 3.05) is 14.2 Å². The summed E-state index contributed by atoms with van der Waals surface area (Å²) >= 11 is 1.74. The molecule has 0 aliphatic heterocycles. The van der Waals surface area contributed by atoms with Crippen LogP contribution in [0.25, 0.3) is 10.4 Å². The van der Waals surface area contributed by atoms with Crippen molar-refractivity contribution in [3.05, 3.63) is 35.3 Å². The quantitative estimate of drug-likeness (QED) is 0.882. The molecule has 0 spiro atoms. The van der Waals surface area contributed by atoms with Crippen molar-refractivity contribution in [1.29, 1.82) is 0 Å². The maximum absolute atomic E-state index is 5.11. The number of methoxy groups -OCH3 is 1. The fraction of sp³-hybridized carbons (Fsp3) is 0.250. The van der Waals surface area contributed by atoms with Crippen molar-refractivity contribution in [3.8, 4) is 16.3 Å². The first-order valence-corrected chi connectivity index (χ1v) is 5.94. The van der Waals surface area contributed by atoms with Gasteiger partial charge in [0.05, 0.1) is 7.11 Å². The van der Waals surface area contributed by atoms with E-state index < -0.39 is 0 Å². The van der Waals surface area contributed by atoms with Crippen LogP contribution < -0.4 is 10.1 Å². The minimum atomic E-state index is 0.654. The molecule has 0 atom stereocenters. The van der Waals surface area contributed by atoms with Crippen LogP contribution in [0, 0.1) is 0 Å². The molecule has 3 nitrogen and oxygen atoms in total. The van der Waals surface area contributed by atoms with E-state index in [0.29, 0.717) is 5.88 Å². The van der Waals surface area contributed by atoms with Crippen LogP contribution in [0.1, 0.15) is 5.56 Å². The lowest BCUT2D eigenvalue weighted by Gasteiger charge is -2.00. The first kappa shape index (κ1) is 11.1. The Kier molecular flexibility index (Phi) is 3.54. The van der Waals surface area contributed by atoms with Gasteiger partial charge >= 0.3 is 0 Å². The van der Waals surface area contributed by atoms with E-state index >= 15 is 0 Å². The van der Waals surface area contributed by atoms with E-state index in [1.165, 1.54) is 10.4 Å². The standard InChI is InChI=1S/C12H14N2OS/c1-13-7-9-5-11(16-8-9)10-3-4-14-12(6-10)15-2/h3-6,8,13H,7H2,1-2H3. The highest BCUT2D eigenvalue weighted by Gasteiger charge is 2.03. The van der Waals surface area contributed by atoms with E-state index in [2.05, 4.69) is 21.7 Å². The highest BCUT2D eigenvalue weighted by Crippen LogP contribution is 2.28. The zero-order valence-corrected chi connectivity index (χ0v) is 10.2. The molecule has 2 aromatic heterocycles. The lowest BCUT2D eigenvalue weighted by molar-refractivity contribution is 0.398. The van der Waals surface area contributed by atoms with Crippen molar-refractivity contribution < 1.29 is 4.74 Å². The summed E-state index contributed by atoms with van der Waals surface area (Å²) in [6.07, 6.45) is 1.77. The van der Waals surface area contributed by atoms with E-state index in [1.54, 1.807) is 24.6 Å². The van der Waals surface area contributed by atoms with Gasteiger partial charge < -0.3 is 10.1 Å². The maximum Gasteiger partial charge on any atom is 0.213 e. The molecule has 2 aromatic rings. The molecule has 0 amide bonds. The van der Waals surface area contributed by atoms with Gasteiger partial charge in [-0.15, -0.1) is 11.3 Å². The smallest absolute Gasteiger partial charge is 0.213 e. The van der Waals surface area contributed by atoms with E-state index in [-0.39, 0.29) is 0 Å². The van der Waals surface area contributed by atoms with Gasteiger partial charge in [-0.05, 0) is 35.7 Å². The van der Waals surface area contributed by atoms with E-state index in [9.17, 15) is 0 Å². The molecule has 0 aromatic carbocycles. The van der Waals surface area contributed by atoms with Gasteiger partial charge in [-0.1, -0.05) is 0 Å². The molecule has 1 N–H and O–H groups in total. The van der Waals surface area contributed by atoms with Gasteiger partial charge in [-0.25, -0.2) is 4.98 Å². The van der Waals surface area contributed by atoms with Crippen molar-refractivity contribution in [2.45, 2.75) is 6.54 Å². The number of rotatable bonds is 4. The van der Waals surface area contributed by atoms with Crippen LogP contribution in [0.4, 0.5) is 0 Å². The molecule has 2 rings (SSSR count). The first-order chi connectivity index (χ1) is 7.83. The Morgan fingerprint density at radius 1 is 1.44 bits per heavy atom. The Labute approximate surface area is 99.1 Å². The zero-order valence-electron chi connectivity index (χ0n) is 9.36. The summed E-state index contributed by atoms with van der Waals surface area (Å²) in [7, 11) is 3.58. The summed E-state index contributed by atoms with van der Waals surface area (Å²) in [6.45, 7) is 0.902. The van der Waals surface area contributed by atoms with Crippen LogP contribution in [-0.4, -0.2) is 19.1 Å². The van der Waals surface area contributed by atoms with E-state index in [0.717, 1.165) is 12.1 Å². The van der Waals surface area contributed by atoms with E-state index in [4.69, 9.17) is 4.74 Å². The van der Waals surface area contributed by atoms with Gasteiger partial charge in [0.2, 0.25) is 5.88 Å². The van der Waals surface area contributed by atoms with Gasteiger partial charge in [0, 0.05) is 23.7 Å². The topological polar surface area (TPSA) is 34.2 Å². The fourth-order valence-corrected chi connectivity index (χ4v) is 2.41. The molecule has 0 radical (unpaired) electrons. The monoisotopic (exact) mass is 234 g/mol. The van der Waals surface area contributed by atoms with Crippen molar-refractivity contribution in [3.63, 3.8) is 0 Å². The number of hydrogen-bond donors (Lipinski definition) is 1. The predicted molar refractivity (Wildman–Crippen MR) is 66.9 cm³/mol. The largest absolute Gasteiger partial charge is 0.481 e. The average Bonchev–Trinajstić information content (AvgIpc) is 2.78. The minimum Gasteiger partial charge on any atom is -0.481 e. The molecule has 0 saturated carbocycles. The van der Waals surface area contributed by atoms with Crippen LogP contribution in [0.2, 0.25) is 0 Å². The first-order valence-electron chi connectivity index (χ1n) is 5.06. The summed E-state index contributed by atoms with van der Waals surface area (Å²) in [6, 6.07) is 6.14. The molecule has 0 aliphatic carbocycles. The Morgan fingerprint density at radius 2 is 2.31 bits per heavy atom. The number of thiophene rings is 1. The minimum absolute atomic E-state index is 0.654. The molecule has 0 unspecified atom stereocenters. The zero-order chi connectivity index (χ0) is 11.4. The second-order valence-corrected chi connectivity index (χ2v) is 4.35. The Hall–Kier alpha value is -1.39. The fourth-order valence-electron chi connectivity index (χ4n) is 1.50. The second-order valence-electron chi connectivity index (χ2n) is 3.44. The molecular weight excluding hydrogens is 220 g/mol. The number of aromatic nitrogens is 1. The molecular formula is C12H14N2OS. The predicted octanol–water partition coefficient (Wildman–Crippen LogP) is 2.54. The summed E-state index contributed by atoms with van der Waals surface area (Å²) in [5.74, 6) is 0.654. The maximum atomic E-state index is 5.11. The van der Waals surface area contributed by atoms with Crippen LogP contribution in [-0.2, 0) is 6.54 Å². The molecule has 2 heterocycles. The molecule has 0 bridgehead atoms.